The number of hydrogen-bond acceptors (Lipinski definition) is 7. The van der Waals surface area contributed by atoms with Gasteiger partial charge in [-0.1, -0.05) is 30.3 Å². The topological polar surface area (TPSA) is 150 Å². The number of benzene rings is 3. The molecule has 3 aromatic rings. The zero-order valence-electron chi connectivity index (χ0n) is 15.2. The maximum absolute atomic E-state index is 13.2. The molecule has 0 fully saturated rings. The fraction of sp³-hybridized carbons (Fsp3) is 0. The fourth-order valence-electron chi connectivity index (χ4n) is 3.43. The van der Waals surface area contributed by atoms with Crippen LogP contribution < -0.4 is 11.1 Å². The first kappa shape index (κ1) is 22.7. The summed E-state index contributed by atoms with van der Waals surface area (Å²) in [7, 11) is -4.79. The Morgan fingerprint density at radius 1 is 0.935 bits per heavy atom. The SMILES string of the molecule is N#Cc1cccc(Nc2cc(S(=O)(=O)O)c(N)c3c2C(=O)c2ccccc2C3=O)c1.[NaH]. The van der Waals surface area contributed by atoms with Crippen LogP contribution in [0.5, 0.6) is 0 Å². The van der Waals surface area contributed by atoms with E-state index in [1.54, 1.807) is 30.3 Å². The number of nitriles is 1. The molecule has 0 radical (unpaired) electrons. The Morgan fingerprint density at radius 2 is 1.55 bits per heavy atom. The Balaban J connectivity index is 0.00000272. The summed E-state index contributed by atoms with van der Waals surface area (Å²) in [6.45, 7) is 0. The predicted octanol–water partition coefficient (Wildman–Crippen LogP) is 2.26. The number of rotatable bonds is 3. The first-order chi connectivity index (χ1) is 14.2. The molecule has 3 aromatic carbocycles. The number of ketones is 2. The zero-order chi connectivity index (χ0) is 21.6. The first-order valence-corrected chi connectivity index (χ1v) is 10.1. The van der Waals surface area contributed by atoms with Gasteiger partial charge >= 0.3 is 29.6 Å². The molecule has 4 N–H and O–H groups in total. The summed E-state index contributed by atoms with van der Waals surface area (Å²) < 4.78 is 33.4. The molecule has 1 aliphatic carbocycles. The van der Waals surface area contributed by atoms with Crippen LogP contribution in [0.2, 0.25) is 0 Å². The predicted molar refractivity (Wildman–Crippen MR) is 116 cm³/mol. The van der Waals surface area contributed by atoms with Crippen LogP contribution in [-0.4, -0.2) is 54.1 Å². The minimum atomic E-state index is -4.79. The Labute approximate surface area is 199 Å². The zero-order valence-corrected chi connectivity index (χ0v) is 16.0. The fourth-order valence-corrected chi connectivity index (χ4v) is 4.07. The number of nitrogens with one attached hydrogen (secondary N) is 1. The molecule has 10 heteroatoms. The summed E-state index contributed by atoms with van der Waals surface area (Å²) in [4.78, 5) is 25.6. The maximum atomic E-state index is 13.2. The molecule has 150 valence electrons. The monoisotopic (exact) mass is 443 g/mol. The van der Waals surface area contributed by atoms with E-state index in [0.717, 1.165) is 6.07 Å². The third-order valence-corrected chi connectivity index (χ3v) is 5.64. The Kier molecular flexibility index (Phi) is 6.04. The molecule has 1 aliphatic rings. The van der Waals surface area contributed by atoms with E-state index in [4.69, 9.17) is 11.0 Å². The number of anilines is 3. The number of carbonyl (C=O) groups is 2. The molecule has 31 heavy (non-hydrogen) atoms. The van der Waals surface area contributed by atoms with E-state index in [2.05, 4.69) is 5.32 Å². The molecular formula is C21H14N3NaO5S. The van der Waals surface area contributed by atoms with Crippen LogP contribution in [0.1, 0.15) is 37.4 Å². The van der Waals surface area contributed by atoms with Gasteiger partial charge in [0.2, 0.25) is 0 Å². The third kappa shape index (κ3) is 3.87. The van der Waals surface area contributed by atoms with Crippen molar-refractivity contribution in [3.63, 3.8) is 0 Å². The molecule has 0 spiro atoms. The van der Waals surface area contributed by atoms with Crippen molar-refractivity contribution in [1.29, 1.82) is 5.26 Å². The Morgan fingerprint density at radius 3 is 2.13 bits per heavy atom. The van der Waals surface area contributed by atoms with E-state index in [-0.39, 0.29) is 57.5 Å². The van der Waals surface area contributed by atoms with Gasteiger partial charge in [-0.25, -0.2) is 0 Å². The van der Waals surface area contributed by atoms with Crippen LogP contribution in [-0.2, 0) is 10.1 Å². The Hall–Kier alpha value is -3.00. The van der Waals surface area contributed by atoms with Gasteiger partial charge in [0.15, 0.2) is 11.6 Å². The van der Waals surface area contributed by atoms with Gasteiger partial charge in [0.05, 0.1) is 34.1 Å². The van der Waals surface area contributed by atoms with Crippen LogP contribution in [0.25, 0.3) is 0 Å². The van der Waals surface area contributed by atoms with Crippen molar-refractivity contribution in [2.24, 2.45) is 0 Å². The van der Waals surface area contributed by atoms with Crippen molar-refractivity contribution in [3.05, 3.63) is 82.4 Å². The molecule has 0 saturated heterocycles. The normalized spacial score (nSPS) is 12.3. The molecule has 0 atom stereocenters. The third-order valence-electron chi connectivity index (χ3n) is 4.75. The minimum absolute atomic E-state index is 0. The van der Waals surface area contributed by atoms with Crippen molar-refractivity contribution in [3.8, 4) is 6.07 Å². The molecular weight excluding hydrogens is 429 g/mol. The number of carbonyl (C=O) groups excluding carboxylic acids is 2. The molecule has 0 aliphatic heterocycles. The molecule has 4 rings (SSSR count). The second-order valence-electron chi connectivity index (χ2n) is 6.58. The van der Waals surface area contributed by atoms with Gasteiger partial charge in [0.25, 0.3) is 10.1 Å². The second-order valence-corrected chi connectivity index (χ2v) is 7.97. The summed E-state index contributed by atoms with van der Waals surface area (Å²) in [5, 5.41) is 12.0. The first-order valence-electron chi connectivity index (χ1n) is 8.62. The molecule has 0 unspecified atom stereocenters. The van der Waals surface area contributed by atoms with Gasteiger partial charge in [-0.2, -0.15) is 13.7 Å². The summed E-state index contributed by atoms with van der Waals surface area (Å²) in [5.41, 5.74) is 5.93. The average molecular weight is 443 g/mol. The van der Waals surface area contributed by atoms with Crippen LogP contribution in [0.15, 0.2) is 59.5 Å². The van der Waals surface area contributed by atoms with Crippen molar-refractivity contribution in [1.82, 2.24) is 0 Å². The van der Waals surface area contributed by atoms with Crippen LogP contribution in [0.4, 0.5) is 17.1 Å². The van der Waals surface area contributed by atoms with Crippen molar-refractivity contribution >= 4 is 68.3 Å². The quantitative estimate of drug-likeness (QED) is 0.248. The number of nitrogens with two attached hydrogens (primary N) is 1. The summed E-state index contributed by atoms with van der Waals surface area (Å²) in [6, 6.07) is 15.3. The van der Waals surface area contributed by atoms with Gasteiger partial charge in [-0.3, -0.25) is 14.1 Å². The van der Waals surface area contributed by atoms with Crippen molar-refractivity contribution < 1.29 is 22.6 Å². The Bertz CT molecular complexity index is 1410. The number of nitrogen functional groups attached to an aromatic ring is 1. The average Bonchev–Trinajstić information content (AvgIpc) is 2.72. The molecule has 0 heterocycles. The second kappa shape index (κ2) is 8.26. The van der Waals surface area contributed by atoms with E-state index in [1.807, 2.05) is 6.07 Å². The van der Waals surface area contributed by atoms with E-state index in [1.165, 1.54) is 18.2 Å². The summed E-state index contributed by atoms with van der Waals surface area (Å²) in [5.74, 6) is -1.15. The van der Waals surface area contributed by atoms with Gasteiger partial charge in [0, 0.05) is 16.8 Å². The number of fused-ring (bicyclic) bond motifs is 2. The molecule has 0 aromatic heterocycles. The summed E-state index contributed by atoms with van der Waals surface area (Å²) in [6.07, 6.45) is 0. The molecule has 0 bridgehead atoms. The van der Waals surface area contributed by atoms with Crippen LogP contribution >= 0.6 is 0 Å². The van der Waals surface area contributed by atoms with E-state index < -0.39 is 32.3 Å². The summed E-state index contributed by atoms with van der Waals surface area (Å²) >= 11 is 0. The van der Waals surface area contributed by atoms with Gasteiger partial charge in [-0.15, -0.1) is 0 Å². The number of hydrogen-bond donors (Lipinski definition) is 3. The van der Waals surface area contributed by atoms with E-state index in [0.29, 0.717) is 11.3 Å². The van der Waals surface area contributed by atoms with Crippen molar-refractivity contribution in [2.75, 3.05) is 11.1 Å². The van der Waals surface area contributed by atoms with Gasteiger partial charge in [-0.05, 0) is 24.3 Å². The van der Waals surface area contributed by atoms with Crippen LogP contribution in [0.3, 0.4) is 0 Å². The van der Waals surface area contributed by atoms with Crippen LogP contribution in [0, 0.1) is 11.3 Å². The molecule has 0 amide bonds. The van der Waals surface area contributed by atoms with Gasteiger partial charge in [0.1, 0.15) is 4.90 Å². The van der Waals surface area contributed by atoms with E-state index in [9.17, 15) is 22.6 Å². The molecule has 8 nitrogen and oxygen atoms in total. The van der Waals surface area contributed by atoms with E-state index >= 15 is 0 Å². The standard InChI is InChI=1S/C21H13N3O5S.Na.H/c22-10-11-4-3-5-12(8-11)24-15-9-16(30(27,28)29)19(23)18-17(15)20(25)13-6-1-2-7-14(13)21(18)26;;/h1-9,24H,23H2,(H,27,28,29);;. The molecule has 0 saturated carbocycles. The van der Waals surface area contributed by atoms with Gasteiger partial charge < -0.3 is 11.1 Å². The van der Waals surface area contributed by atoms with Crippen molar-refractivity contribution in [2.45, 2.75) is 4.90 Å². The number of nitrogens with zero attached hydrogens (tertiary/aromatic N) is 1.